The Hall–Kier alpha value is -2.87. The molecule has 3 amide bonds. The maximum Gasteiger partial charge on any atom is 0.319 e. The first-order valence-electron chi connectivity index (χ1n) is 10.2. The SMILES string of the molecule is Cc1ccc(NC(=O)NCC2CCCN(C(=O)c3cc4c(C)nn(C)c4s3)C2)cc1. The monoisotopic (exact) mass is 425 g/mol. The standard InChI is InChI=1S/C22H27N5O2S/c1-14-6-8-17(9-7-14)24-22(29)23-12-16-5-4-10-27(13-16)20(28)19-11-18-15(2)25-26(3)21(18)30-19/h6-9,11,16H,4-5,10,12-13H2,1-3H3,(H2,23,24,29). The molecule has 4 rings (SSSR count). The van der Waals surface area contributed by atoms with Gasteiger partial charge >= 0.3 is 6.03 Å². The van der Waals surface area contributed by atoms with E-state index in [1.807, 2.05) is 60.8 Å². The number of thiophene rings is 1. The van der Waals surface area contributed by atoms with Crippen LogP contribution in [0.5, 0.6) is 0 Å². The number of rotatable bonds is 4. The number of amides is 3. The molecule has 0 radical (unpaired) electrons. The van der Waals surface area contributed by atoms with Crippen molar-refractivity contribution in [3.63, 3.8) is 0 Å². The molecule has 7 nitrogen and oxygen atoms in total. The lowest BCUT2D eigenvalue weighted by molar-refractivity contribution is 0.0680. The van der Waals surface area contributed by atoms with E-state index in [1.54, 1.807) is 0 Å². The Bertz CT molecular complexity index is 1030. The maximum absolute atomic E-state index is 13.0. The summed E-state index contributed by atoms with van der Waals surface area (Å²) in [4.78, 5) is 29.0. The van der Waals surface area contributed by atoms with E-state index in [0.717, 1.165) is 51.4 Å². The van der Waals surface area contributed by atoms with E-state index in [2.05, 4.69) is 15.7 Å². The summed E-state index contributed by atoms with van der Waals surface area (Å²) in [5, 5.41) is 11.3. The first kappa shape index (κ1) is 20.4. The zero-order chi connectivity index (χ0) is 21.3. The molecule has 1 unspecified atom stereocenters. The molecule has 0 saturated carbocycles. The highest BCUT2D eigenvalue weighted by Crippen LogP contribution is 2.29. The van der Waals surface area contributed by atoms with Crippen LogP contribution >= 0.6 is 11.3 Å². The second-order valence-corrected chi connectivity index (χ2v) is 9.03. The Morgan fingerprint density at radius 3 is 2.73 bits per heavy atom. The first-order chi connectivity index (χ1) is 14.4. The Balaban J connectivity index is 1.33. The minimum Gasteiger partial charge on any atom is -0.338 e. The second-order valence-electron chi connectivity index (χ2n) is 8.00. The van der Waals surface area contributed by atoms with Crippen molar-refractivity contribution in [1.82, 2.24) is 20.0 Å². The second kappa shape index (κ2) is 8.47. The number of anilines is 1. The minimum atomic E-state index is -0.213. The average Bonchev–Trinajstić information content (AvgIpc) is 3.29. The molecule has 1 aromatic carbocycles. The van der Waals surface area contributed by atoms with Gasteiger partial charge in [-0.15, -0.1) is 11.3 Å². The van der Waals surface area contributed by atoms with Gasteiger partial charge in [0.05, 0.1) is 10.6 Å². The Kier molecular flexibility index (Phi) is 5.76. The lowest BCUT2D eigenvalue weighted by Gasteiger charge is -2.32. The number of fused-ring (bicyclic) bond motifs is 1. The smallest absolute Gasteiger partial charge is 0.319 e. The van der Waals surface area contributed by atoms with Crippen LogP contribution < -0.4 is 10.6 Å². The van der Waals surface area contributed by atoms with Crippen molar-refractivity contribution < 1.29 is 9.59 Å². The van der Waals surface area contributed by atoms with E-state index in [4.69, 9.17) is 0 Å². The molecular formula is C22H27N5O2S. The average molecular weight is 426 g/mol. The van der Waals surface area contributed by atoms with E-state index >= 15 is 0 Å². The fraction of sp³-hybridized carbons (Fsp3) is 0.409. The van der Waals surface area contributed by atoms with Crippen LogP contribution in [0.3, 0.4) is 0 Å². The molecule has 3 heterocycles. The van der Waals surface area contributed by atoms with Gasteiger partial charge in [0.2, 0.25) is 0 Å². The number of carbonyl (C=O) groups excluding carboxylic acids is 2. The number of carbonyl (C=O) groups is 2. The van der Waals surface area contributed by atoms with Gasteiger partial charge in [0.15, 0.2) is 0 Å². The lowest BCUT2D eigenvalue weighted by Crippen LogP contribution is -2.44. The molecule has 1 aliphatic heterocycles. The molecule has 2 N–H and O–H groups in total. The molecule has 0 aliphatic carbocycles. The number of urea groups is 1. The van der Waals surface area contributed by atoms with E-state index in [9.17, 15) is 9.59 Å². The Labute approximate surface area is 180 Å². The van der Waals surface area contributed by atoms with Crippen LogP contribution in [0.15, 0.2) is 30.3 Å². The van der Waals surface area contributed by atoms with Crippen LogP contribution in [-0.4, -0.2) is 46.3 Å². The minimum absolute atomic E-state index is 0.0735. The van der Waals surface area contributed by atoms with Crippen molar-refractivity contribution in [3.05, 3.63) is 46.5 Å². The van der Waals surface area contributed by atoms with Crippen molar-refractivity contribution in [1.29, 1.82) is 0 Å². The van der Waals surface area contributed by atoms with E-state index in [-0.39, 0.29) is 17.9 Å². The van der Waals surface area contributed by atoms with Gasteiger partial charge in [-0.05, 0) is 50.8 Å². The van der Waals surface area contributed by atoms with Crippen molar-refractivity contribution >= 4 is 39.2 Å². The molecule has 8 heteroatoms. The van der Waals surface area contributed by atoms with Gasteiger partial charge in [0.25, 0.3) is 5.91 Å². The number of piperidine rings is 1. The molecule has 1 saturated heterocycles. The van der Waals surface area contributed by atoms with Crippen LogP contribution in [0.2, 0.25) is 0 Å². The Morgan fingerprint density at radius 1 is 1.23 bits per heavy atom. The number of benzene rings is 1. The molecular weight excluding hydrogens is 398 g/mol. The summed E-state index contributed by atoms with van der Waals surface area (Å²) in [5.74, 6) is 0.327. The topological polar surface area (TPSA) is 79.3 Å². The van der Waals surface area contributed by atoms with Crippen LogP contribution in [0.1, 0.15) is 33.8 Å². The van der Waals surface area contributed by atoms with Crippen LogP contribution in [0, 0.1) is 19.8 Å². The van der Waals surface area contributed by atoms with E-state index < -0.39 is 0 Å². The predicted octanol–water partition coefficient (Wildman–Crippen LogP) is 3.93. The van der Waals surface area contributed by atoms with Crippen molar-refractivity contribution in [2.75, 3.05) is 25.0 Å². The van der Waals surface area contributed by atoms with Gasteiger partial charge in [0.1, 0.15) is 4.83 Å². The normalized spacial score (nSPS) is 16.6. The van der Waals surface area contributed by atoms with Gasteiger partial charge in [-0.25, -0.2) is 4.79 Å². The zero-order valence-electron chi connectivity index (χ0n) is 17.6. The van der Waals surface area contributed by atoms with Crippen molar-refractivity contribution in [2.24, 2.45) is 13.0 Å². The summed E-state index contributed by atoms with van der Waals surface area (Å²) in [7, 11) is 1.91. The first-order valence-corrected chi connectivity index (χ1v) is 11.1. The number of likely N-dealkylation sites (tertiary alicyclic amines) is 1. The van der Waals surface area contributed by atoms with Crippen LogP contribution in [0.4, 0.5) is 10.5 Å². The summed E-state index contributed by atoms with van der Waals surface area (Å²) in [5.41, 5.74) is 2.87. The van der Waals surface area contributed by atoms with Gasteiger partial charge < -0.3 is 15.5 Å². The third-order valence-electron chi connectivity index (χ3n) is 5.57. The van der Waals surface area contributed by atoms with Crippen molar-refractivity contribution in [3.8, 4) is 0 Å². The van der Waals surface area contributed by atoms with Crippen LogP contribution in [0.25, 0.3) is 10.2 Å². The number of nitrogens with zero attached hydrogens (tertiary/aromatic N) is 3. The fourth-order valence-electron chi connectivity index (χ4n) is 3.93. The van der Waals surface area contributed by atoms with Gasteiger partial charge in [-0.1, -0.05) is 17.7 Å². The largest absolute Gasteiger partial charge is 0.338 e. The molecule has 0 spiro atoms. The summed E-state index contributed by atoms with van der Waals surface area (Å²) in [6.45, 7) is 5.95. The molecule has 1 atom stereocenters. The molecule has 1 fully saturated rings. The number of hydrogen-bond donors (Lipinski definition) is 2. The molecule has 0 bridgehead atoms. The number of hydrogen-bond acceptors (Lipinski definition) is 4. The van der Waals surface area contributed by atoms with Crippen molar-refractivity contribution in [2.45, 2.75) is 26.7 Å². The number of aryl methyl sites for hydroxylation is 3. The molecule has 2 aromatic heterocycles. The molecule has 1 aliphatic rings. The highest BCUT2D eigenvalue weighted by molar-refractivity contribution is 7.20. The van der Waals surface area contributed by atoms with Gasteiger partial charge in [-0.2, -0.15) is 5.10 Å². The number of nitrogens with one attached hydrogen (secondary N) is 2. The summed E-state index contributed by atoms with van der Waals surface area (Å²) < 4.78 is 1.84. The van der Waals surface area contributed by atoms with E-state index in [1.165, 1.54) is 11.3 Å². The summed E-state index contributed by atoms with van der Waals surface area (Å²) in [6, 6.07) is 9.45. The Morgan fingerprint density at radius 2 is 2.00 bits per heavy atom. The van der Waals surface area contributed by atoms with Gasteiger partial charge in [0, 0.05) is 37.8 Å². The number of aromatic nitrogens is 2. The maximum atomic E-state index is 13.0. The highest BCUT2D eigenvalue weighted by atomic mass is 32.1. The molecule has 3 aromatic rings. The molecule has 158 valence electrons. The quantitative estimate of drug-likeness (QED) is 0.665. The zero-order valence-corrected chi connectivity index (χ0v) is 18.4. The highest BCUT2D eigenvalue weighted by Gasteiger charge is 2.26. The van der Waals surface area contributed by atoms with E-state index in [0.29, 0.717) is 13.1 Å². The van der Waals surface area contributed by atoms with Gasteiger partial charge in [-0.3, -0.25) is 9.48 Å². The van der Waals surface area contributed by atoms with Crippen LogP contribution in [-0.2, 0) is 7.05 Å². The lowest BCUT2D eigenvalue weighted by atomic mass is 9.98. The predicted molar refractivity (Wildman–Crippen MR) is 120 cm³/mol. The molecule has 30 heavy (non-hydrogen) atoms. The summed E-state index contributed by atoms with van der Waals surface area (Å²) >= 11 is 1.50. The third kappa shape index (κ3) is 4.33. The summed E-state index contributed by atoms with van der Waals surface area (Å²) in [6.07, 6.45) is 1.95. The fourth-order valence-corrected chi connectivity index (χ4v) is 5.02. The third-order valence-corrected chi connectivity index (χ3v) is 6.76.